The SMILES string of the molecule is Cc1ccc(-c2cc(C(=O)N3CCc4[nH]c5ccccc5c4C3)n[nH]2)s1. The second-order valence-electron chi connectivity index (χ2n) is 6.68. The fraction of sp³-hybridized carbons (Fsp3) is 0.200. The summed E-state index contributed by atoms with van der Waals surface area (Å²) in [4.78, 5) is 20.7. The number of benzene rings is 1. The molecule has 6 heteroatoms. The first-order valence-electron chi connectivity index (χ1n) is 8.69. The summed E-state index contributed by atoms with van der Waals surface area (Å²) in [6.45, 7) is 3.40. The van der Waals surface area contributed by atoms with E-state index in [0.29, 0.717) is 18.8 Å². The Kier molecular flexibility index (Phi) is 3.46. The second-order valence-corrected chi connectivity index (χ2v) is 7.97. The number of amides is 1. The Hall–Kier alpha value is -2.86. The number of fused-ring (bicyclic) bond motifs is 3. The molecule has 0 saturated heterocycles. The zero-order chi connectivity index (χ0) is 17.7. The van der Waals surface area contributed by atoms with E-state index >= 15 is 0 Å². The number of aromatic nitrogens is 3. The molecule has 0 aliphatic carbocycles. The first kappa shape index (κ1) is 15.4. The first-order valence-corrected chi connectivity index (χ1v) is 9.50. The molecule has 0 spiro atoms. The number of hydrogen-bond acceptors (Lipinski definition) is 3. The smallest absolute Gasteiger partial charge is 0.274 e. The van der Waals surface area contributed by atoms with E-state index in [1.54, 1.807) is 11.3 Å². The van der Waals surface area contributed by atoms with Crippen molar-refractivity contribution < 1.29 is 4.79 Å². The summed E-state index contributed by atoms with van der Waals surface area (Å²) in [7, 11) is 0. The molecule has 0 fully saturated rings. The minimum absolute atomic E-state index is 0.0169. The number of aryl methyl sites for hydroxylation is 1. The quantitative estimate of drug-likeness (QED) is 0.563. The van der Waals surface area contributed by atoms with Gasteiger partial charge in [-0.1, -0.05) is 18.2 Å². The monoisotopic (exact) mass is 362 g/mol. The number of carbonyl (C=O) groups excluding carboxylic acids is 1. The molecule has 0 atom stereocenters. The van der Waals surface area contributed by atoms with Crippen molar-refractivity contribution in [2.24, 2.45) is 0 Å². The maximum atomic E-state index is 13.0. The van der Waals surface area contributed by atoms with Gasteiger partial charge in [0.05, 0.1) is 10.6 Å². The largest absolute Gasteiger partial charge is 0.358 e. The number of nitrogens with zero attached hydrogens (tertiary/aromatic N) is 2. The van der Waals surface area contributed by atoms with Crippen molar-refractivity contribution in [1.82, 2.24) is 20.1 Å². The Labute approximate surface area is 154 Å². The minimum Gasteiger partial charge on any atom is -0.358 e. The maximum absolute atomic E-state index is 13.0. The summed E-state index contributed by atoms with van der Waals surface area (Å²) in [5.41, 5.74) is 4.99. The van der Waals surface area contributed by atoms with E-state index in [1.807, 2.05) is 23.1 Å². The predicted octanol–water partition coefficient (Wildman–Crippen LogP) is 4.13. The van der Waals surface area contributed by atoms with E-state index in [1.165, 1.54) is 21.5 Å². The molecule has 3 aromatic heterocycles. The highest BCUT2D eigenvalue weighted by molar-refractivity contribution is 7.15. The summed E-state index contributed by atoms with van der Waals surface area (Å²) in [5, 5.41) is 8.48. The molecule has 0 unspecified atom stereocenters. The lowest BCUT2D eigenvalue weighted by molar-refractivity contribution is 0.0729. The van der Waals surface area contributed by atoms with Gasteiger partial charge in [-0.15, -0.1) is 11.3 Å². The lowest BCUT2D eigenvalue weighted by Gasteiger charge is -2.26. The number of para-hydroxylation sites is 1. The van der Waals surface area contributed by atoms with Crippen molar-refractivity contribution in [2.45, 2.75) is 19.9 Å². The Morgan fingerprint density at radius 3 is 2.96 bits per heavy atom. The Morgan fingerprint density at radius 1 is 1.23 bits per heavy atom. The van der Waals surface area contributed by atoms with Gasteiger partial charge in [-0.3, -0.25) is 9.89 Å². The average molecular weight is 362 g/mol. The Balaban J connectivity index is 1.42. The molecule has 1 aliphatic rings. The van der Waals surface area contributed by atoms with Gasteiger partial charge >= 0.3 is 0 Å². The molecule has 130 valence electrons. The number of H-pyrrole nitrogens is 2. The van der Waals surface area contributed by atoms with E-state index < -0.39 is 0 Å². The van der Waals surface area contributed by atoms with E-state index in [0.717, 1.165) is 22.5 Å². The predicted molar refractivity (Wildman–Crippen MR) is 103 cm³/mol. The summed E-state index contributed by atoms with van der Waals surface area (Å²) >= 11 is 1.69. The third-order valence-corrected chi connectivity index (χ3v) is 6.01. The molecule has 1 aliphatic heterocycles. The van der Waals surface area contributed by atoms with Gasteiger partial charge in [0, 0.05) is 46.5 Å². The highest BCUT2D eigenvalue weighted by Gasteiger charge is 2.26. The summed E-state index contributed by atoms with van der Waals surface area (Å²) in [6.07, 6.45) is 0.844. The van der Waals surface area contributed by atoms with Crippen LogP contribution in [0.5, 0.6) is 0 Å². The molecule has 5 rings (SSSR count). The number of rotatable bonds is 2. The molecular weight excluding hydrogens is 344 g/mol. The fourth-order valence-corrected chi connectivity index (χ4v) is 4.47. The van der Waals surface area contributed by atoms with Gasteiger partial charge in [-0.05, 0) is 31.2 Å². The Morgan fingerprint density at radius 2 is 2.12 bits per heavy atom. The highest BCUT2D eigenvalue weighted by atomic mass is 32.1. The number of nitrogens with one attached hydrogen (secondary N) is 2. The number of thiophene rings is 1. The van der Waals surface area contributed by atoms with Gasteiger partial charge in [-0.25, -0.2) is 0 Å². The molecule has 26 heavy (non-hydrogen) atoms. The van der Waals surface area contributed by atoms with E-state index in [-0.39, 0.29) is 5.91 Å². The summed E-state index contributed by atoms with van der Waals surface area (Å²) in [6, 6.07) is 14.3. The van der Waals surface area contributed by atoms with Gasteiger partial charge in [0.2, 0.25) is 0 Å². The van der Waals surface area contributed by atoms with Gasteiger partial charge in [0.15, 0.2) is 5.69 Å². The molecule has 4 heterocycles. The van der Waals surface area contributed by atoms with Crippen molar-refractivity contribution in [3.05, 3.63) is 64.3 Å². The minimum atomic E-state index is -0.0169. The molecule has 4 aromatic rings. The van der Waals surface area contributed by atoms with Crippen LogP contribution in [0.2, 0.25) is 0 Å². The molecule has 1 amide bonds. The van der Waals surface area contributed by atoms with E-state index in [4.69, 9.17) is 0 Å². The van der Waals surface area contributed by atoms with Crippen molar-refractivity contribution in [3.63, 3.8) is 0 Å². The van der Waals surface area contributed by atoms with Gasteiger partial charge in [0.25, 0.3) is 5.91 Å². The van der Waals surface area contributed by atoms with E-state index in [9.17, 15) is 4.79 Å². The third-order valence-electron chi connectivity index (χ3n) is 4.97. The third kappa shape index (κ3) is 2.45. The van der Waals surface area contributed by atoms with Crippen molar-refractivity contribution >= 4 is 28.1 Å². The number of hydrogen-bond donors (Lipinski definition) is 2. The van der Waals surface area contributed by atoms with Crippen LogP contribution in [0.4, 0.5) is 0 Å². The van der Waals surface area contributed by atoms with Crippen LogP contribution in [-0.4, -0.2) is 32.5 Å². The van der Waals surface area contributed by atoms with Crippen molar-refractivity contribution in [2.75, 3.05) is 6.54 Å². The molecule has 0 radical (unpaired) electrons. The van der Waals surface area contributed by atoms with Crippen LogP contribution < -0.4 is 0 Å². The van der Waals surface area contributed by atoms with Crippen molar-refractivity contribution in [1.29, 1.82) is 0 Å². The topological polar surface area (TPSA) is 64.8 Å². The van der Waals surface area contributed by atoms with E-state index in [2.05, 4.69) is 46.4 Å². The van der Waals surface area contributed by atoms with Gasteiger partial charge < -0.3 is 9.88 Å². The standard InChI is InChI=1S/C20H18N4OS/c1-12-6-7-19(26-12)17-10-18(23-22-17)20(25)24-9-8-16-14(11-24)13-4-2-3-5-15(13)21-16/h2-7,10,21H,8-9,11H2,1H3,(H,22,23). The van der Waals surface area contributed by atoms with Crippen LogP contribution in [-0.2, 0) is 13.0 Å². The zero-order valence-corrected chi connectivity index (χ0v) is 15.2. The normalized spacial score (nSPS) is 14.0. The lowest BCUT2D eigenvalue weighted by atomic mass is 10.0. The van der Waals surface area contributed by atoms with Gasteiger partial charge in [0.1, 0.15) is 0 Å². The molecule has 1 aromatic carbocycles. The number of carbonyl (C=O) groups is 1. The molecule has 2 N–H and O–H groups in total. The highest BCUT2D eigenvalue weighted by Crippen LogP contribution is 2.29. The van der Waals surface area contributed by atoms with Crippen LogP contribution in [0.25, 0.3) is 21.5 Å². The van der Waals surface area contributed by atoms with Crippen LogP contribution in [0, 0.1) is 6.92 Å². The van der Waals surface area contributed by atoms with Gasteiger partial charge in [-0.2, -0.15) is 5.10 Å². The summed E-state index contributed by atoms with van der Waals surface area (Å²) < 4.78 is 0. The van der Waals surface area contributed by atoms with Crippen LogP contribution in [0.15, 0.2) is 42.5 Å². The Bertz CT molecular complexity index is 1120. The molecule has 0 bridgehead atoms. The fourth-order valence-electron chi connectivity index (χ4n) is 3.64. The molecule has 0 saturated carbocycles. The first-order chi connectivity index (χ1) is 12.7. The van der Waals surface area contributed by atoms with Crippen molar-refractivity contribution in [3.8, 4) is 10.6 Å². The second kappa shape index (κ2) is 5.85. The molecule has 5 nitrogen and oxygen atoms in total. The average Bonchev–Trinajstić information content (AvgIpc) is 3.38. The van der Waals surface area contributed by atoms with Crippen LogP contribution in [0.3, 0.4) is 0 Å². The van der Waals surface area contributed by atoms with Crippen LogP contribution in [0.1, 0.15) is 26.6 Å². The molecular formula is C20H18N4OS. The lowest BCUT2D eigenvalue weighted by Crippen LogP contribution is -2.36. The number of aromatic amines is 2. The zero-order valence-electron chi connectivity index (χ0n) is 14.4. The van der Waals surface area contributed by atoms with Crippen LogP contribution >= 0.6 is 11.3 Å². The summed E-state index contributed by atoms with van der Waals surface area (Å²) in [5.74, 6) is -0.0169. The maximum Gasteiger partial charge on any atom is 0.274 e.